The van der Waals surface area contributed by atoms with E-state index >= 15 is 0 Å². The topological polar surface area (TPSA) is 41.1 Å². The number of thioether (sulfide) groups is 1. The maximum Gasteiger partial charge on any atom is 0.288 e. The molecule has 1 saturated heterocycles. The van der Waals surface area contributed by atoms with Gasteiger partial charge in [0.05, 0.1) is 0 Å². The number of hydrogen-bond acceptors (Lipinski definition) is 3. The number of carbonyl (C=O) groups excluding carboxylic acids is 1. The van der Waals surface area contributed by atoms with Gasteiger partial charge in [0.15, 0.2) is 0 Å². The summed E-state index contributed by atoms with van der Waals surface area (Å²) < 4.78 is 24.6. The molecule has 2 rings (SSSR count). The van der Waals surface area contributed by atoms with E-state index in [1.165, 1.54) is 0 Å². The number of benzene rings is 1. The molecular weight excluding hydrogens is 294 g/mol. The Kier molecular flexibility index (Phi) is 6.45. The van der Waals surface area contributed by atoms with E-state index in [1.807, 2.05) is 0 Å². The summed E-state index contributed by atoms with van der Waals surface area (Å²) in [7, 11) is 0. The van der Waals surface area contributed by atoms with Gasteiger partial charge in [-0.3, -0.25) is 4.79 Å². The van der Waals surface area contributed by atoms with Crippen LogP contribution in [0.25, 0.3) is 0 Å². The molecule has 116 valence electrons. The minimum Gasteiger partial charge on any atom is -0.326 e. The molecule has 1 heterocycles. The molecule has 1 aromatic carbocycles. The van der Waals surface area contributed by atoms with Crippen LogP contribution in [0.5, 0.6) is 0 Å². The lowest BCUT2D eigenvalue weighted by atomic mass is 9.93. The Morgan fingerprint density at radius 3 is 2.86 bits per heavy atom. The first kappa shape index (κ1) is 16.2. The third kappa shape index (κ3) is 6.01. The lowest BCUT2D eigenvalue weighted by Gasteiger charge is -2.22. The Bertz CT molecular complexity index is 465. The van der Waals surface area contributed by atoms with Gasteiger partial charge in [-0.15, -0.1) is 0 Å². The zero-order valence-electron chi connectivity index (χ0n) is 11.8. The third-order valence-electron chi connectivity index (χ3n) is 3.58. The zero-order chi connectivity index (χ0) is 15.1. The van der Waals surface area contributed by atoms with E-state index < -0.39 is 5.76 Å². The van der Waals surface area contributed by atoms with Crippen LogP contribution in [0.3, 0.4) is 0 Å². The molecule has 1 amide bonds. The Morgan fingerprint density at radius 1 is 1.38 bits per heavy atom. The molecule has 0 saturated carbocycles. The second kappa shape index (κ2) is 8.34. The van der Waals surface area contributed by atoms with Gasteiger partial charge in [0, 0.05) is 17.0 Å². The van der Waals surface area contributed by atoms with Crippen molar-refractivity contribution in [3.8, 4) is 0 Å². The summed E-state index contributed by atoms with van der Waals surface area (Å²) in [5.41, 5.74) is 0.580. The van der Waals surface area contributed by atoms with Crippen molar-refractivity contribution in [1.29, 1.82) is 0 Å². The van der Waals surface area contributed by atoms with Crippen LogP contribution in [0.1, 0.15) is 25.7 Å². The van der Waals surface area contributed by atoms with Gasteiger partial charge in [-0.2, -0.15) is 8.78 Å². The standard InChI is InChI=1S/C15H20F2N2OS/c16-15(17)21-13-3-1-2-12(10-13)19-14(20)5-4-11-6-8-18-9-7-11/h1-3,10-11,15,18H,4-9H2,(H,19,20). The molecule has 3 nitrogen and oxygen atoms in total. The molecule has 0 spiro atoms. The van der Waals surface area contributed by atoms with Gasteiger partial charge in [0.25, 0.3) is 5.76 Å². The summed E-state index contributed by atoms with van der Waals surface area (Å²) in [4.78, 5) is 12.4. The lowest BCUT2D eigenvalue weighted by molar-refractivity contribution is -0.116. The summed E-state index contributed by atoms with van der Waals surface area (Å²) >= 11 is 0.484. The van der Waals surface area contributed by atoms with E-state index in [0.717, 1.165) is 32.4 Å². The van der Waals surface area contributed by atoms with Gasteiger partial charge in [-0.25, -0.2) is 0 Å². The highest BCUT2D eigenvalue weighted by Gasteiger charge is 2.14. The van der Waals surface area contributed by atoms with Crippen molar-refractivity contribution < 1.29 is 13.6 Å². The van der Waals surface area contributed by atoms with Crippen molar-refractivity contribution in [2.75, 3.05) is 18.4 Å². The molecule has 0 bridgehead atoms. The Morgan fingerprint density at radius 2 is 2.14 bits per heavy atom. The van der Waals surface area contributed by atoms with Gasteiger partial charge in [-0.05, 0) is 56.5 Å². The summed E-state index contributed by atoms with van der Waals surface area (Å²) in [6, 6.07) is 6.59. The molecular formula is C15H20F2N2OS. The third-order valence-corrected chi connectivity index (χ3v) is 4.29. The van der Waals surface area contributed by atoms with E-state index in [0.29, 0.717) is 34.7 Å². The van der Waals surface area contributed by atoms with Crippen molar-refractivity contribution in [3.63, 3.8) is 0 Å². The minimum atomic E-state index is -2.45. The molecule has 0 atom stereocenters. The average Bonchev–Trinajstić information content (AvgIpc) is 2.46. The quantitative estimate of drug-likeness (QED) is 0.786. The predicted molar refractivity (Wildman–Crippen MR) is 81.8 cm³/mol. The molecule has 0 aliphatic carbocycles. The van der Waals surface area contributed by atoms with Crippen LogP contribution < -0.4 is 10.6 Å². The fourth-order valence-corrected chi connectivity index (χ4v) is 3.04. The molecule has 2 N–H and O–H groups in total. The Balaban J connectivity index is 1.78. The Labute approximate surface area is 127 Å². The van der Waals surface area contributed by atoms with Gasteiger partial charge in [0.2, 0.25) is 5.91 Å². The fourth-order valence-electron chi connectivity index (χ4n) is 2.48. The van der Waals surface area contributed by atoms with Gasteiger partial charge in [-0.1, -0.05) is 17.8 Å². The van der Waals surface area contributed by atoms with E-state index in [2.05, 4.69) is 10.6 Å². The number of piperidine rings is 1. The van der Waals surface area contributed by atoms with Crippen LogP contribution in [-0.2, 0) is 4.79 Å². The fraction of sp³-hybridized carbons (Fsp3) is 0.533. The second-order valence-corrected chi connectivity index (χ2v) is 6.25. The average molecular weight is 314 g/mol. The highest BCUT2D eigenvalue weighted by atomic mass is 32.2. The summed E-state index contributed by atoms with van der Waals surface area (Å²) in [6.45, 7) is 2.05. The van der Waals surface area contributed by atoms with Crippen molar-refractivity contribution in [2.24, 2.45) is 5.92 Å². The van der Waals surface area contributed by atoms with Crippen LogP contribution in [-0.4, -0.2) is 24.8 Å². The number of rotatable bonds is 6. The molecule has 1 fully saturated rings. The number of alkyl halides is 2. The first-order chi connectivity index (χ1) is 10.1. The summed E-state index contributed by atoms with van der Waals surface area (Å²) in [6.07, 6.45) is 3.61. The molecule has 1 aliphatic heterocycles. The smallest absolute Gasteiger partial charge is 0.288 e. The minimum absolute atomic E-state index is 0.0484. The molecule has 6 heteroatoms. The van der Waals surface area contributed by atoms with Crippen LogP contribution in [0.15, 0.2) is 29.2 Å². The highest BCUT2D eigenvalue weighted by Crippen LogP contribution is 2.27. The Hall–Kier alpha value is -1.14. The first-order valence-electron chi connectivity index (χ1n) is 7.19. The van der Waals surface area contributed by atoms with Crippen LogP contribution >= 0.6 is 11.8 Å². The number of amides is 1. The monoisotopic (exact) mass is 314 g/mol. The van der Waals surface area contributed by atoms with Crippen molar-refractivity contribution in [2.45, 2.75) is 36.3 Å². The molecule has 0 radical (unpaired) electrons. The molecule has 0 aromatic heterocycles. The first-order valence-corrected chi connectivity index (χ1v) is 8.07. The number of hydrogen-bond donors (Lipinski definition) is 2. The normalized spacial score (nSPS) is 16.1. The predicted octanol–water partition coefficient (Wildman–Crippen LogP) is 3.72. The molecule has 0 unspecified atom stereocenters. The molecule has 1 aliphatic rings. The SMILES string of the molecule is O=C(CCC1CCNCC1)Nc1cccc(SC(F)F)c1. The van der Waals surface area contributed by atoms with Crippen LogP contribution in [0.4, 0.5) is 14.5 Å². The zero-order valence-corrected chi connectivity index (χ0v) is 12.6. The number of halogens is 2. The van der Waals surface area contributed by atoms with Crippen molar-refractivity contribution in [3.05, 3.63) is 24.3 Å². The lowest BCUT2D eigenvalue weighted by Crippen LogP contribution is -2.28. The molecule has 1 aromatic rings. The van der Waals surface area contributed by atoms with Gasteiger partial charge < -0.3 is 10.6 Å². The second-order valence-electron chi connectivity index (χ2n) is 5.19. The van der Waals surface area contributed by atoms with Crippen LogP contribution in [0, 0.1) is 5.92 Å². The summed E-state index contributed by atoms with van der Waals surface area (Å²) in [5.74, 6) is -1.89. The van der Waals surface area contributed by atoms with Crippen LogP contribution in [0.2, 0.25) is 0 Å². The number of carbonyl (C=O) groups is 1. The van der Waals surface area contributed by atoms with E-state index in [9.17, 15) is 13.6 Å². The highest BCUT2D eigenvalue weighted by molar-refractivity contribution is 7.99. The maximum atomic E-state index is 12.3. The van der Waals surface area contributed by atoms with Crippen molar-refractivity contribution >= 4 is 23.4 Å². The number of nitrogens with one attached hydrogen (secondary N) is 2. The van der Waals surface area contributed by atoms with Crippen molar-refractivity contribution in [1.82, 2.24) is 5.32 Å². The summed E-state index contributed by atoms with van der Waals surface area (Å²) in [5, 5.41) is 6.08. The van der Waals surface area contributed by atoms with Gasteiger partial charge in [0.1, 0.15) is 0 Å². The van der Waals surface area contributed by atoms with E-state index in [4.69, 9.17) is 0 Å². The molecule has 21 heavy (non-hydrogen) atoms. The number of anilines is 1. The maximum absolute atomic E-state index is 12.3. The van der Waals surface area contributed by atoms with E-state index in [1.54, 1.807) is 24.3 Å². The largest absolute Gasteiger partial charge is 0.326 e. The van der Waals surface area contributed by atoms with E-state index in [-0.39, 0.29) is 5.91 Å². The van der Waals surface area contributed by atoms with Gasteiger partial charge >= 0.3 is 0 Å².